The van der Waals surface area contributed by atoms with Gasteiger partial charge in [-0.15, -0.1) is 5.10 Å². The summed E-state index contributed by atoms with van der Waals surface area (Å²) < 4.78 is 0. The summed E-state index contributed by atoms with van der Waals surface area (Å²) in [5, 5.41) is 18.7. The van der Waals surface area contributed by atoms with Crippen LogP contribution in [0.15, 0.2) is 65.8 Å². The number of aryl methyl sites for hydroxylation is 1. The molecule has 3 aromatic carbocycles. The highest BCUT2D eigenvalue weighted by Gasteiger charge is 2.11. The summed E-state index contributed by atoms with van der Waals surface area (Å²) in [6.45, 7) is 2.12. The molecule has 0 saturated carbocycles. The maximum absolute atomic E-state index is 10.7. The third-order valence-corrected chi connectivity index (χ3v) is 5.38. The van der Waals surface area contributed by atoms with Crippen LogP contribution in [0, 0.1) is 0 Å². The van der Waals surface area contributed by atoms with Gasteiger partial charge in [-0.05, 0) is 52.1 Å². The van der Waals surface area contributed by atoms with Gasteiger partial charge in [0.15, 0.2) is 5.82 Å². The lowest BCUT2D eigenvalue weighted by Gasteiger charge is -2.09. The number of benzene rings is 3. The number of carboxylic acid groups (broad SMARTS) is 1. The Morgan fingerprint density at radius 3 is 2.57 bits per heavy atom. The second-order valence-electron chi connectivity index (χ2n) is 6.48. The zero-order valence-electron chi connectivity index (χ0n) is 15.3. The fourth-order valence-corrected chi connectivity index (χ4v) is 3.65. The van der Waals surface area contributed by atoms with Gasteiger partial charge in [-0.1, -0.05) is 61.2 Å². The molecule has 0 radical (unpaired) electrons. The Hall–Kier alpha value is -3.12. The van der Waals surface area contributed by atoms with Crippen molar-refractivity contribution in [3.05, 3.63) is 66.2 Å². The number of nitrogens with zero attached hydrogens (tertiary/aromatic N) is 2. The van der Waals surface area contributed by atoms with Gasteiger partial charge in [0.25, 0.3) is 0 Å². The van der Waals surface area contributed by atoms with Crippen molar-refractivity contribution in [2.75, 3.05) is 5.75 Å². The van der Waals surface area contributed by atoms with Crippen LogP contribution in [0.1, 0.15) is 12.5 Å². The molecule has 5 nitrogen and oxygen atoms in total. The van der Waals surface area contributed by atoms with Crippen molar-refractivity contribution in [1.82, 2.24) is 15.2 Å². The van der Waals surface area contributed by atoms with Crippen LogP contribution in [0.3, 0.4) is 0 Å². The van der Waals surface area contributed by atoms with E-state index in [0.29, 0.717) is 11.0 Å². The number of fused-ring (bicyclic) bond motifs is 1. The van der Waals surface area contributed by atoms with Gasteiger partial charge in [0.1, 0.15) is 0 Å². The van der Waals surface area contributed by atoms with Gasteiger partial charge in [0.05, 0.1) is 5.75 Å². The van der Waals surface area contributed by atoms with Crippen molar-refractivity contribution in [2.45, 2.75) is 18.5 Å². The van der Waals surface area contributed by atoms with Crippen LogP contribution in [0.5, 0.6) is 0 Å². The molecule has 0 aliphatic rings. The Labute approximate surface area is 166 Å². The minimum absolute atomic E-state index is 0.0609. The molecule has 0 bridgehead atoms. The highest BCUT2D eigenvalue weighted by molar-refractivity contribution is 7.99. The van der Waals surface area contributed by atoms with Crippen molar-refractivity contribution in [3.63, 3.8) is 0 Å². The molecule has 140 valence electrons. The number of carbonyl (C=O) groups is 1. The van der Waals surface area contributed by atoms with Crippen molar-refractivity contribution >= 4 is 28.5 Å². The largest absolute Gasteiger partial charge is 0.481 e. The Kier molecular flexibility index (Phi) is 5.12. The number of carboxylic acids is 1. The molecule has 4 aromatic rings. The Bertz CT molecular complexity index is 1150. The lowest BCUT2D eigenvalue weighted by Crippen LogP contribution is -1.97. The van der Waals surface area contributed by atoms with E-state index in [2.05, 4.69) is 70.6 Å². The summed E-state index contributed by atoms with van der Waals surface area (Å²) in [7, 11) is 0. The molecular formula is C22H19N3O2S. The van der Waals surface area contributed by atoms with Gasteiger partial charge >= 0.3 is 5.97 Å². The van der Waals surface area contributed by atoms with Crippen LogP contribution in [0.4, 0.5) is 0 Å². The normalized spacial score (nSPS) is 11.0. The van der Waals surface area contributed by atoms with Crippen LogP contribution in [0.2, 0.25) is 0 Å². The highest BCUT2D eigenvalue weighted by atomic mass is 32.2. The van der Waals surface area contributed by atoms with E-state index in [1.807, 2.05) is 12.1 Å². The number of thioether (sulfide) groups is 1. The van der Waals surface area contributed by atoms with Crippen LogP contribution < -0.4 is 0 Å². The molecule has 0 atom stereocenters. The SMILES string of the molecule is CCc1cc(-c2ccc3ccccc3c2)cc(-c2nc(SCC(=O)O)n[nH]2)c1. The van der Waals surface area contributed by atoms with E-state index in [4.69, 9.17) is 5.11 Å². The minimum Gasteiger partial charge on any atom is -0.481 e. The average Bonchev–Trinajstić information content (AvgIpc) is 3.20. The minimum atomic E-state index is -0.886. The van der Waals surface area contributed by atoms with E-state index < -0.39 is 5.97 Å². The fraction of sp³-hybridized carbons (Fsp3) is 0.136. The molecule has 1 aromatic heterocycles. The fourth-order valence-electron chi connectivity index (χ4n) is 3.13. The van der Waals surface area contributed by atoms with Gasteiger partial charge in [0, 0.05) is 5.56 Å². The van der Waals surface area contributed by atoms with Gasteiger partial charge in [-0.2, -0.15) is 0 Å². The lowest BCUT2D eigenvalue weighted by molar-refractivity contribution is -0.133. The predicted molar refractivity (Wildman–Crippen MR) is 112 cm³/mol. The first-order chi connectivity index (χ1) is 13.6. The smallest absolute Gasteiger partial charge is 0.313 e. The number of nitrogens with one attached hydrogen (secondary N) is 1. The van der Waals surface area contributed by atoms with Crippen molar-refractivity contribution in [1.29, 1.82) is 0 Å². The van der Waals surface area contributed by atoms with E-state index >= 15 is 0 Å². The summed E-state index contributed by atoms with van der Waals surface area (Å²) in [5.74, 6) is -0.303. The number of aromatic nitrogens is 3. The number of hydrogen-bond acceptors (Lipinski definition) is 4. The molecule has 28 heavy (non-hydrogen) atoms. The molecule has 0 spiro atoms. The van der Waals surface area contributed by atoms with Gasteiger partial charge < -0.3 is 5.11 Å². The van der Waals surface area contributed by atoms with Gasteiger partial charge in [0.2, 0.25) is 5.16 Å². The Balaban J connectivity index is 1.72. The first-order valence-electron chi connectivity index (χ1n) is 9.03. The summed E-state index contributed by atoms with van der Waals surface area (Å²) >= 11 is 1.10. The maximum atomic E-state index is 10.7. The molecule has 4 rings (SSSR count). The van der Waals surface area contributed by atoms with Crippen molar-refractivity contribution in [2.24, 2.45) is 0 Å². The van der Waals surface area contributed by atoms with Crippen molar-refractivity contribution < 1.29 is 9.90 Å². The Morgan fingerprint density at radius 2 is 1.79 bits per heavy atom. The second kappa shape index (κ2) is 7.86. The first kappa shape index (κ1) is 18.3. The van der Waals surface area contributed by atoms with Gasteiger partial charge in [-0.3, -0.25) is 9.89 Å². The number of hydrogen-bond donors (Lipinski definition) is 2. The van der Waals surface area contributed by atoms with Crippen LogP contribution in [-0.4, -0.2) is 32.0 Å². The standard InChI is InChI=1S/C22H19N3O2S/c1-2-14-9-18(17-8-7-15-5-3-4-6-16(15)11-17)12-19(10-14)21-23-22(25-24-21)28-13-20(26)27/h3-12H,2,13H2,1H3,(H,26,27)(H,23,24,25). The zero-order chi connectivity index (χ0) is 19.5. The van der Waals surface area contributed by atoms with Gasteiger partial charge in [-0.25, -0.2) is 4.98 Å². The molecule has 0 fully saturated rings. The van der Waals surface area contributed by atoms with E-state index in [1.165, 1.54) is 16.3 Å². The van der Waals surface area contributed by atoms with E-state index in [9.17, 15) is 4.79 Å². The summed E-state index contributed by atoms with van der Waals surface area (Å²) in [6, 6.07) is 21.2. The number of aromatic amines is 1. The zero-order valence-corrected chi connectivity index (χ0v) is 16.2. The molecule has 2 N–H and O–H groups in total. The quantitative estimate of drug-likeness (QED) is 0.452. The molecule has 0 aliphatic carbocycles. The molecule has 0 aliphatic heterocycles. The molecule has 0 unspecified atom stereocenters. The third-order valence-electron chi connectivity index (χ3n) is 4.55. The molecule has 0 saturated heterocycles. The second-order valence-corrected chi connectivity index (χ2v) is 7.43. The first-order valence-corrected chi connectivity index (χ1v) is 10.0. The molecule has 1 heterocycles. The number of aliphatic carboxylic acids is 1. The number of rotatable bonds is 6. The summed E-state index contributed by atoms with van der Waals surface area (Å²) in [4.78, 5) is 15.2. The third kappa shape index (κ3) is 3.92. The molecular weight excluding hydrogens is 370 g/mol. The molecule has 0 amide bonds. The van der Waals surface area contributed by atoms with E-state index in [1.54, 1.807) is 0 Å². The number of H-pyrrole nitrogens is 1. The predicted octanol–water partition coefficient (Wildman–Crippen LogP) is 5.03. The topological polar surface area (TPSA) is 78.9 Å². The monoisotopic (exact) mass is 389 g/mol. The molecule has 6 heteroatoms. The van der Waals surface area contributed by atoms with Crippen LogP contribution >= 0.6 is 11.8 Å². The van der Waals surface area contributed by atoms with E-state index in [-0.39, 0.29) is 5.75 Å². The van der Waals surface area contributed by atoms with Crippen LogP contribution in [0.25, 0.3) is 33.3 Å². The summed E-state index contributed by atoms with van der Waals surface area (Å²) in [6.07, 6.45) is 0.906. The van der Waals surface area contributed by atoms with E-state index in [0.717, 1.165) is 34.9 Å². The maximum Gasteiger partial charge on any atom is 0.313 e. The lowest BCUT2D eigenvalue weighted by atomic mass is 9.96. The highest BCUT2D eigenvalue weighted by Crippen LogP contribution is 2.30. The summed E-state index contributed by atoms with van der Waals surface area (Å²) in [5.41, 5.74) is 4.42. The average molecular weight is 389 g/mol. The Morgan fingerprint density at radius 1 is 1.00 bits per heavy atom. The van der Waals surface area contributed by atoms with Crippen molar-refractivity contribution in [3.8, 4) is 22.5 Å². The van der Waals surface area contributed by atoms with Crippen LogP contribution in [-0.2, 0) is 11.2 Å².